The van der Waals surface area contributed by atoms with Gasteiger partial charge in [0.05, 0.1) is 31.7 Å². The lowest BCUT2D eigenvalue weighted by atomic mass is 10.0. The molecule has 136 valence electrons. The van der Waals surface area contributed by atoms with E-state index in [1.165, 1.54) is 11.1 Å². The van der Waals surface area contributed by atoms with Crippen LogP contribution >= 0.6 is 0 Å². The molecule has 3 rings (SSSR count). The van der Waals surface area contributed by atoms with Crippen LogP contribution < -0.4 is 10.6 Å². The quantitative estimate of drug-likeness (QED) is 0.519. The van der Waals surface area contributed by atoms with Gasteiger partial charge in [0.15, 0.2) is 0 Å². The van der Waals surface area contributed by atoms with Crippen molar-refractivity contribution in [1.82, 2.24) is 15.5 Å². The predicted octanol–water partition coefficient (Wildman–Crippen LogP) is -1.19. The van der Waals surface area contributed by atoms with Gasteiger partial charge in [-0.05, 0) is 24.0 Å². The maximum Gasteiger partial charge on any atom is 0.237 e. The standard InChI is InChI=1S/C18H25N3O4/c22-10-14(11-23)20-17(24)9-16-18(25)19-5-6-21(16)15-7-12-3-1-2-4-13(12)8-15/h1-4,14-16,22-23H,5-11H2,(H,19,25)(H,20,24)/t16-/m1/s1. The van der Waals surface area contributed by atoms with Crippen LogP contribution in [0.3, 0.4) is 0 Å². The van der Waals surface area contributed by atoms with E-state index in [2.05, 4.69) is 27.7 Å². The van der Waals surface area contributed by atoms with Crippen LogP contribution in [0.15, 0.2) is 24.3 Å². The van der Waals surface area contributed by atoms with Gasteiger partial charge in [-0.3, -0.25) is 14.5 Å². The molecule has 1 aliphatic carbocycles. The molecule has 0 bridgehead atoms. The number of amides is 2. The highest BCUT2D eigenvalue weighted by Gasteiger charge is 2.38. The molecule has 4 N–H and O–H groups in total. The van der Waals surface area contributed by atoms with Crippen molar-refractivity contribution >= 4 is 11.8 Å². The van der Waals surface area contributed by atoms with Gasteiger partial charge in [-0.25, -0.2) is 0 Å². The number of nitrogens with zero attached hydrogens (tertiary/aromatic N) is 1. The molecule has 2 aliphatic rings. The summed E-state index contributed by atoms with van der Waals surface area (Å²) in [6.07, 6.45) is 1.80. The molecule has 0 aromatic heterocycles. The Hall–Kier alpha value is -1.96. The average Bonchev–Trinajstić information content (AvgIpc) is 3.05. The molecule has 1 atom stereocenters. The van der Waals surface area contributed by atoms with Crippen molar-refractivity contribution in [2.24, 2.45) is 0 Å². The lowest BCUT2D eigenvalue weighted by Gasteiger charge is -2.39. The fraction of sp³-hybridized carbons (Fsp3) is 0.556. The lowest BCUT2D eigenvalue weighted by molar-refractivity contribution is -0.135. The molecule has 1 aromatic carbocycles. The van der Waals surface area contributed by atoms with E-state index >= 15 is 0 Å². The Bertz CT molecular complexity index is 608. The smallest absolute Gasteiger partial charge is 0.237 e. The molecule has 25 heavy (non-hydrogen) atoms. The summed E-state index contributed by atoms with van der Waals surface area (Å²) < 4.78 is 0. The Labute approximate surface area is 147 Å². The van der Waals surface area contributed by atoms with E-state index in [4.69, 9.17) is 10.2 Å². The summed E-state index contributed by atoms with van der Waals surface area (Å²) >= 11 is 0. The van der Waals surface area contributed by atoms with Gasteiger partial charge >= 0.3 is 0 Å². The van der Waals surface area contributed by atoms with E-state index in [9.17, 15) is 9.59 Å². The third-order valence-electron chi connectivity index (χ3n) is 5.06. The minimum absolute atomic E-state index is 0.0230. The minimum Gasteiger partial charge on any atom is -0.394 e. The Kier molecular flexibility index (Phi) is 5.67. The zero-order valence-electron chi connectivity index (χ0n) is 14.1. The van der Waals surface area contributed by atoms with Crippen LogP contribution in [0.4, 0.5) is 0 Å². The minimum atomic E-state index is -0.691. The first-order chi connectivity index (χ1) is 12.1. The van der Waals surface area contributed by atoms with Gasteiger partial charge < -0.3 is 20.8 Å². The van der Waals surface area contributed by atoms with E-state index < -0.39 is 12.1 Å². The molecule has 0 spiro atoms. The summed E-state index contributed by atoms with van der Waals surface area (Å²) in [5, 5.41) is 23.6. The van der Waals surface area contributed by atoms with Crippen LogP contribution in [-0.2, 0) is 22.4 Å². The van der Waals surface area contributed by atoms with Gasteiger partial charge in [0.1, 0.15) is 0 Å². The van der Waals surface area contributed by atoms with Crippen LogP contribution in [0.25, 0.3) is 0 Å². The van der Waals surface area contributed by atoms with Crippen LogP contribution in [-0.4, -0.2) is 71.4 Å². The molecule has 0 unspecified atom stereocenters. The molecule has 0 saturated carbocycles. The first-order valence-electron chi connectivity index (χ1n) is 8.73. The second-order valence-electron chi connectivity index (χ2n) is 6.71. The first kappa shape index (κ1) is 17.8. The lowest BCUT2D eigenvalue weighted by Crippen LogP contribution is -2.60. The van der Waals surface area contributed by atoms with Gasteiger partial charge in [-0.1, -0.05) is 24.3 Å². The van der Waals surface area contributed by atoms with Crippen molar-refractivity contribution in [2.45, 2.75) is 37.4 Å². The number of aliphatic hydroxyl groups is 2. The SMILES string of the molecule is O=C(C[C@@H]1C(=O)NCCN1C1Cc2ccccc2C1)NC(CO)CO. The van der Waals surface area contributed by atoms with E-state index in [0.29, 0.717) is 13.1 Å². The number of nitrogens with one attached hydrogen (secondary N) is 2. The van der Waals surface area contributed by atoms with Crippen LogP contribution in [0.1, 0.15) is 17.5 Å². The number of aliphatic hydroxyl groups excluding tert-OH is 2. The zero-order valence-corrected chi connectivity index (χ0v) is 14.1. The topological polar surface area (TPSA) is 102 Å². The highest BCUT2D eigenvalue weighted by Crippen LogP contribution is 2.28. The summed E-state index contributed by atoms with van der Waals surface area (Å²) in [6, 6.07) is 7.29. The Balaban J connectivity index is 1.68. The summed E-state index contributed by atoms with van der Waals surface area (Å²) in [5.41, 5.74) is 2.62. The molecule has 1 aliphatic heterocycles. The molecular formula is C18H25N3O4. The van der Waals surface area contributed by atoms with Crippen molar-refractivity contribution < 1.29 is 19.8 Å². The molecule has 1 heterocycles. The first-order valence-corrected chi connectivity index (χ1v) is 8.73. The van der Waals surface area contributed by atoms with Crippen molar-refractivity contribution in [3.05, 3.63) is 35.4 Å². The van der Waals surface area contributed by atoms with Crippen LogP contribution in [0.5, 0.6) is 0 Å². The number of piperazine rings is 1. The monoisotopic (exact) mass is 347 g/mol. The van der Waals surface area contributed by atoms with E-state index in [0.717, 1.165) is 12.8 Å². The number of benzene rings is 1. The van der Waals surface area contributed by atoms with Crippen LogP contribution in [0, 0.1) is 0 Å². The van der Waals surface area contributed by atoms with Crippen molar-refractivity contribution in [2.75, 3.05) is 26.3 Å². The third-order valence-corrected chi connectivity index (χ3v) is 5.06. The third kappa shape index (κ3) is 4.00. The van der Waals surface area contributed by atoms with Crippen molar-refractivity contribution in [1.29, 1.82) is 0 Å². The molecule has 1 fully saturated rings. The zero-order chi connectivity index (χ0) is 17.8. The normalized spacial score (nSPS) is 21.2. The molecular weight excluding hydrogens is 322 g/mol. The number of hydrogen-bond donors (Lipinski definition) is 4. The highest BCUT2D eigenvalue weighted by atomic mass is 16.3. The van der Waals surface area contributed by atoms with Crippen molar-refractivity contribution in [3.63, 3.8) is 0 Å². The summed E-state index contributed by atoms with van der Waals surface area (Å²) in [4.78, 5) is 26.7. The Morgan fingerprint density at radius 2 is 1.88 bits per heavy atom. The number of hydrogen-bond acceptors (Lipinski definition) is 5. The number of fused-ring (bicyclic) bond motifs is 1. The van der Waals surface area contributed by atoms with Gasteiger partial charge in [0.2, 0.25) is 11.8 Å². The number of carbonyl (C=O) groups excluding carboxylic acids is 2. The molecule has 1 saturated heterocycles. The average molecular weight is 347 g/mol. The number of carbonyl (C=O) groups is 2. The van der Waals surface area contributed by atoms with Gasteiger partial charge in [-0.15, -0.1) is 0 Å². The molecule has 7 nitrogen and oxygen atoms in total. The Morgan fingerprint density at radius 1 is 1.24 bits per heavy atom. The van der Waals surface area contributed by atoms with E-state index in [-0.39, 0.29) is 37.5 Å². The van der Waals surface area contributed by atoms with Gasteiger partial charge in [-0.2, -0.15) is 0 Å². The summed E-state index contributed by atoms with van der Waals surface area (Å²) in [6.45, 7) is 0.632. The summed E-state index contributed by atoms with van der Waals surface area (Å²) in [5.74, 6) is -0.474. The van der Waals surface area contributed by atoms with Crippen LogP contribution in [0.2, 0.25) is 0 Å². The summed E-state index contributed by atoms with van der Waals surface area (Å²) in [7, 11) is 0. The largest absolute Gasteiger partial charge is 0.394 e. The van der Waals surface area contributed by atoms with Crippen molar-refractivity contribution in [3.8, 4) is 0 Å². The fourth-order valence-corrected chi connectivity index (χ4v) is 3.76. The second kappa shape index (κ2) is 7.95. The maximum atomic E-state index is 12.4. The number of rotatable bonds is 6. The van der Waals surface area contributed by atoms with Gasteiger partial charge in [0.25, 0.3) is 0 Å². The van der Waals surface area contributed by atoms with E-state index in [1.807, 2.05) is 12.1 Å². The molecule has 2 amide bonds. The fourth-order valence-electron chi connectivity index (χ4n) is 3.76. The predicted molar refractivity (Wildman–Crippen MR) is 91.9 cm³/mol. The Morgan fingerprint density at radius 3 is 2.48 bits per heavy atom. The maximum absolute atomic E-state index is 12.4. The molecule has 0 radical (unpaired) electrons. The van der Waals surface area contributed by atoms with Gasteiger partial charge in [0, 0.05) is 19.1 Å². The van der Waals surface area contributed by atoms with E-state index in [1.54, 1.807) is 0 Å². The molecule has 7 heteroatoms. The molecule has 1 aromatic rings. The highest BCUT2D eigenvalue weighted by molar-refractivity contribution is 5.89. The second-order valence-corrected chi connectivity index (χ2v) is 6.71.